The van der Waals surface area contributed by atoms with E-state index in [9.17, 15) is 4.79 Å². The number of carbonyl (C=O) groups is 1. The minimum absolute atomic E-state index is 0.335. The number of amides is 1. The molecule has 0 aliphatic rings. The van der Waals surface area contributed by atoms with Gasteiger partial charge in [0.15, 0.2) is 11.5 Å². The van der Waals surface area contributed by atoms with Crippen LogP contribution in [0.4, 0.5) is 0 Å². The molecule has 150 valence electrons. The maximum atomic E-state index is 12.0. The van der Waals surface area contributed by atoms with E-state index in [0.29, 0.717) is 39.3 Å². The molecule has 2 rings (SSSR count). The minimum atomic E-state index is -0.335. The maximum absolute atomic E-state index is 12.0. The molecule has 0 aliphatic carbocycles. The SMILES string of the molecule is CCCCCCOc1c(Cl)cc(C=NNC(=O)c2ccc(Cl)cc2)cc1OC. The second-order valence-electron chi connectivity index (χ2n) is 6.15. The monoisotopic (exact) mass is 422 g/mol. The first-order valence-corrected chi connectivity index (χ1v) is 9.90. The average molecular weight is 423 g/mol. The number of unbranched alkanes of at least 4 members (excludes halogenated alkanes) is 3. The van der Waals surface area contributed by atoms with Gasteiger partial charge in [-0.2, -0.15) is 5.10 Å². The molecule has 0 aliphatic heterocycles. The molecule has 28 heavy (non-hydrogen) atoms. The van der Waals surface area contributed by atoms with Crippen LogP contribution in [0, 0.1) is 0 Å². The van der Waals surface area contributed by atoms with Crippen LogP contribution in [0.3, 0.4) is 0 Å². The number of ether oxygens (including phenoxy) is 2. The first-order valence-electron chi connectivity index (χ1n) is 9.14. The third-order valence-corrected chi connectivity index (χ3v) is 4.51. The highest BCUT2D eigenvalue weighted by Crippen LogP contribution is 2.36. The van der Waals surface area contributed by atoms with Gasteiger partial charge in [0.2, 0.25) is 0 Å². The van der Waals surface area contributed by atoms with Gasteiger partial charge < -0.3 is 9.47 Å². The lowest BCUT2D eigenvalue weighted by molar-refractivity contribution is 0.0955. The van der Waals surface area contributed by atoms with Crippen molar-refractivity contribution in [2.45, 2.75) is 32.6 Å². The van der Waals surface area contributed by atoms with Crippen molar-refractivity contribution in [3.05, 3.63) is 57.6 Å². The number of carbonyl (C=O) groups excluding carboxylic acids is 1. The van der Waals surface area contributed by atoms with Crippen LogP contribution < -0.4 is 14.9 Å². The van der Waals surface area contributed by atoms with Crippen molar-refractivity contribution in [1.82, 2.24) is 5.43 Å². The van der Waals surface area contributed by atoms with Gasteiger partial charge in [0.1, 0.15) is 0 Å². The van der Waals surface area contributed by atoms with E-state index in [2.05, 4.69) is 17.5 Å². The lowest BCUT2D eigenvalue weighted by Gasteiger charge is -2.13. The third kappa shape index (κ3) is 6.73. The van der Waals surface area contributed by atoms with Crippen molar-refractivity contribution in [1.29, 1.82) is 0 Å². The number of methoxy groups -OCH3 is 1. The molecule has 1 N–H and O–H groups in total. The zero-order valence-electron chi connectivity index (χ0n) is 16.0. The highest BCUT2D eigenvalue weighted by atomic mass is 35.5. The lowest BCUT2D eigenvalue weighted by Crippen LogP contribution is -2.17. The largest absolute Gasteiger partial charge is 0.493 e. The molecule has 0 saturated heterocycles. The van der Waals surface area contributed by atoms with E-state index in [0.717, 1.165) is 12.8 Å². The van der Waals surface area contributed by atoms with E-state index >= 15 is 0 Å². The Morgan fingerprint density at radius 1 is 1.14 bits per heavy atom. The molecular formula is C21H24Cl2N2O3. The summed E-state index contributed by atoms with van der Waals surface area (Å²) in [5.74, 6) is 0.703. The molecule has 0 spiro atoms. The van der Waals surface area contributed by atoms with Crippen molar-refractivity contribution >= 4 is 35.3 Å². The van der Waals surface area contributed by atoms with Crippen LogP contribution in [-0.2, 0) is 0 Å². The van der Waals surface area contributed by atoms with E-state index in [4.69, 9.17) is 32.7 Å². The Morgan fingerprint density at radius 3 is 2.57 bits per heavy atom. The van der Waals surface area contributed by atoms with Gasteiger partial charge in [0.05, 0.1) is 25.0 Å². The van der Waals surface area contributed by atoms with Gasteiger partial charge in [-0.15, -0.1) is 0 Å². The van der Waals surface area contributed by atoms with Crippen molar-refractivity contribution in [3.8, 4) is 11.5 Å². The molecule has 0 fully saturated rings. The molecule has 2 aromatic rings. The first kappa shape index (κ1) is 22.1. The summed E-state index contributed by atoms with van der Waals surface area (Å²) in [6.45, 7) is 2.75. The third-order valence-electron chi connectivity index (χ3n) is 3.98. The zero-order chi connectivity index (χ0) is 20.4. The summed E-state index contributed by atoms with van der Waals surface area (Å²) in [7, 11) is 1.55. The van der Waals surface area contributed by atoms with Gasteiger partial charge in [0, 0.05) is 10.6 Å². The van der Waals surface area contributed by atoms with Crippen LogP contribution in [0.15, 0.2) is 41.5 Å². The Labute approximate surface area is 175 Å². The van der Waals surface area contributed by atoms with Gasteiger partial charge in [-0.1, -0.05) is 49.4 Å². The first-order chi connectivity index (χ1) is 13.5. The fraction of sp³-hybridized carbons (Fsp3) is 0.333. The molecule has 7 heteroatoms. The van der Waals surface area contributed by atoms with Crippen LogP contribution in [0.1, 0.15) is 48.5 Å². The molecule has 0 bridgehead atoms. The van der Waals surface area contributed by atoms with Crippen LogP contribution in [0.5, 0.6) is 11.5 Å². The predicted octanol–water partition coefficient (Wildman–Crippen LogP) is 5.73. The summed E-state index contributed by atoms with van der Waals surface area (Å²) in [6, 6.07) is 10.0. The van der Waals surface area contributed by atoms with Crippen LogP contribution in [-0.4, -0.2) is 25.8 Å². The zero-order valence-corrected chi connectivity index (χ0v) is 17.5. The smallest absolute Gasteiger partial charge is 0.271 e. The normalized spacial score (nSPS) is 10.9. The van der Waals surface area contributed by atoms with Gasteiger partial charge in [-0.05, 0) is 48.4 Å². The molecule has 0 saturated carbocycles. The van der Waals surface area contributed by atoms with Crippen molar-refractivity contribution in [2.75, 3.05) is 13.7 Å². The van der Waals surface area contributed by atoms with E-state index < -0.39 is 0 Å². The number of halogens is 2. The molecule has 5 nitrogen and oxygen atoms in total. The summed E-state index contributed by atoms with van der Waals surface area (Å²) in [5, 5.41) is 4.97. The summed E-state index contributed by atoms with van der Waals surface area (Å²) in [4.78, 5) is 12.0. The average Bonchev–Trinajstić information content (AvgIpc) is 2.69. The number of hydrogen-bond acceptors (Lipinski definition) is 4. The Hall–Kier alpha value is -2.24. The molecule has 2 aromatic carbocycles. The van der Waals surface area contributed by atoms with Gasteiger partial charge in [-0.3, -0.25) is 4.79 Å². The van der Waals surface area contributed by atoms with E-state index in [-0.39, 0.29) is 5.91 Å². The standard InChI is InChI=1S/C21H24Cl2N2O3/c1-3-4-5-6-11-28-20-18(23)12-15(13-19(20)27-2)14-24-25-21(26)16-7-9-17(22)10-8-16/h7-10,12-14H,3-6,11H2,1-2H3,(H,25,26). The van der Waals surface area contributed by atoms with Crippen molar-refractivity contribution in [2.24, 2.45) is 5.10 Å². The van der Waals surface area contributed by atoms with Crippen molar-refractivity contribution < 1.29 is 14.3 Å². The number of rotatable bonds is 10. The minimum Gasteiger partial charge on any atom is -0.493 e. The Bertz CT molecular complexity index is 808. The Balaban J connectivity index is 1.99. The fourth-order valence-electron chi connectivity index (χ4n) is 2.49. The van der Waals surface area contributed by atoms with E-state index in [1.54, 1.807) is 43.5 Å². The second-order valence-corrected chi connectivity index (χ2v) is 6.99. The predicted molar refractivity (Wildman–Crippen MR) is 114 cm³/mol. The van der Waals surface area contributed by atoms with Crippen molar-refractivity contribution in [3.63, 3.8) is 0 Å². The van der Waals surface area contributed by atoms with Gasteiger partial charge >= 0.3 is 0 Å². The molecule has 0 heterocycles. The van der Waals surface area contributed by atoms with E-state index in [1.165, 1.54) is 19.1 Å². The molecule has 0 radical (unpaired) electrons. The van der Waals surface area contributed by atoms with Crippen LogP contribution >= 0.6 is 23.2 Å². The topological polar surface area (TPSA) is 59.9 Å². The lowest BCUT2D eigenvalue weighted by atomic mass is 10.2. The number of hydrazone groups is 1. The summed E-state index contributed by atoms with van der Waals surface area (Å²) < 4.78 is 11.2. The molecule has 1 amide bonds. The molecule has 0 atom stereocenters. The maximum Gasteiger partial charge on any atom is 0.271 e. The fourth-order valence-corrected chi connectivity index (χ4v) is 2.89. The van der Waals surface area contributed by atoms with Gasteiger partial charge in [0.25, 0.3) is 5.91 Å². The van der Waals surface area contributed by atoms with Gasteiger partial charge in [-0.25, -0.2) is 5.43 Å². The molecule has 0 unspecified atom stereocenters. The second kappa shape index (κ2) is 11.6. The van der Waals surface area contributed by atoms with Crippen LogP contribution in [0.2, 0.25) is 10.0 Å². The summed E-state index contributed by atoms with van der Waals surface area (Å²) in [6.07, 6.45) is 5.94. The molecular weight excluding hydrogens is 399 g/mol. The summed E-state index contributed by atoms with van der Waals surface area (Å²) in [5.41, 5.74) is 3.60. The highest BCUT2D eigenvalue weighted by molar-refractivity contribution is 6.32. The number of benzene rings is 2. The Morgan fingerprint density at radius 2 is 1.89 bits per heavy atom. The quantitative estimate of drug-likeness (QED) is 0.302. The highest BCUT2D eigenvalue weighted by Gasteiger charge is 2.11. The Kier molecular flexibility index (Phi) is 9.11. The summed E-state index contributed by atoms with van der Waals surface area (Å²) >= 11 is 12.2. The molecule has 0 aromatic heterocycles. The van der Waals surface area contributed by atoms with Crippen LogP contribution in [0.25, 0.3) is 0 Å². The number of hydrogen-bond donors (Lipinski definition) is 1. The van der Waals surface area contributed by atoms with E-state index in [1.807, 2.05) is 0 Å². The number of nitrogens with zero attached hydrogens (tertiary/aromatic N) is 1. The number of nitrogens with one attached hydrogen (secondary N) is 1.